The van der Waals surface area contributed by atoms with Crippen LogP contribution in [0.15, 0.2) is 23.3 Å². The molecule has 0 saturated heterocycles. The minimum Gasteiger partial charge on any atom is -0.478 e. The van der Waals surface area contributed by atoms with Gasteiger partial charge in [-0.25, -0.2) is 19.4 Å². The van der Waals surface area contributed by atoms with Crippen LogP contribution in [0.4, 0.5) is 9.18 Å². The number of nitrogens with one attached hydrogen (secondary N) is 1. The molecule has 0 aliphatic carbocycles. The number of carboxylic acid groups (broad SMARTS) is 1. The van der Waals surface area contributed by atoms with E-state index >= 15 is 0 Å². The maximum absolute atomic E-state index is 13.1. The molecule has 0 aliphatic heterocycles. The lowest BCUT2D eigenvalue weighted by atomic mass is 10.1. The van der Waals surface area contributed by atoms with E-state index in [2.05, 4.69) is 5.10 Å². The Morgan fingerprint density at radius 3 is 2.75 bits per heavy atom. The fourth-order valence-electron chi connectivity index (χ4n) is 1.04. The molecule has 0 heterocycles. The largest absolute Gasteiger partial charge is 0.478 e. The van der Waals surface area contributed by atoms with Crippen molar-refractivity contribution >= 4 is 18.2 Å². The van der Waals surface area contributed by atoms with E-state index in [4.69, 9.17) is 10.8 Å². The topological polar surface area (TPSA) is 105 Å². The zero-order chi connectivity index (χ0) is 12.1. The monoisotopic (exact) mass is 225 g/mol. The first kappa shape index (κ1) is 11.6. The fourth-order valence-corrected chi connectivity index (χ4v) is 1.04. The van der Waals surface area contributed by atoms with Gasteiger partial charge in [-0.15, -0.1) is 0 Å². The molecule has 16 heavy (non-hydrogen) atoms. The van der Waals surface area contributed by atoms with Gasteiger partial charge < -0.3 is 10.8 Å². The van der Waals surface area contributed by atoms with Gasteiger partial charge in [-0.3, -0.25) is 0 Å². The van der Waals surface area contributed by atoms with Crippen LogP contribution in [-0.2, 0) is 0 Å². The molecule has 84 valence electrons. The molecule has 0 bridgehead atoms. The minimum absolute atomic E-state index is 0.0289. The third kappa shape index (κ3) is 2.77. The molecule has 2 amide bonds. The molecule has 0 unspecified atom stereocenters. The third-order valence-electron chi connectivity index (χ3n) is 1.64. The summed E-state index contributed by atoms with van der Waals surface area (Å²) in [6.45, 7) is 0. The van der Waals surface area contributed by atoms with Gasteiger partial charge in [-0.2, -0.15) is 5.10 Å². The molecule has 0 aliphatic rings. The van der Waals surface area contributed by atoms with Crippen LogP contribution < -0.4 is 11.2 Å². The van der Waals surface area contributed by atoms with Gasteiger partial charge in [0, 0.05) is 5.56 Å². The molecule has 1 aromatic carbocycles. The summed E-state index contributed by atoms with van der Waals surface area (Å²) >= 11 is 0. The standard InChI is InChI=1S/C9H8FN3O3/c10-6-3-1-2-5(7(6)8(14)15)4-12-13-9(11)16/h1-4H,(H,14,15)(H3,11,13,16). The van der Waals surface area contributed by atoms with Crippen molar-refractivity contribution in [3.05, 3.63) is 35.1 Å². The molecule has 4 N–H and O–H groups in total. The highest BCUT2D eigenvalue weighted by Gasteiger charge is 2.13. The molecular formula is C9H8FN3O3. The molecule has 0 aromatic heterocycles. The van der Waals surface area contributed by atoms with Gasteiger partial charge in [0.2, 0.25) is 0 Å². The van der Waals surface area contributed by atoms with Crippen LogP contribution in [-0.4, -0.2) is 23.3 Å². The van der Waals surface area contributed by atoms with E-state index in [9.17, 15) is 14.0 Å². The number of carbonyl (C=O) groups is 2. The molecule has 0 atom stereocenters. The summed E-state index contributed by atoms with van der Waals surface area (Å²) in [6.07, 6.45) is 0.997. The van der Waals surface area contributed by atoms with Crippen molar-refractivity contribution in [2.45, 2.75) is 0 Å². The Kier molecular flexibility index (Phi) is 3.54. The number of hydrogen-bond acceptors (Lipinski definition) is 3. The number of amides is 2. The summed E-state index contributed by atoms with van der Waals surface area (Å²) < 4.78 is 13.1. The second-order valence-corrected chi connectivity index (χ2v) is 2.74. The number of rotatable bonds is 3. The van der Waals surface area contributed by atoms with Gasteiger partial charge in [0.1, 0.15) is 11.4 Å². The lowest BCUT2D eigenvalue weighted by Gasteiger charge is -2.01. The molecule has 1 aromatic rings. The quantitative estimate of drug-likeness (QED) is 0.516. The molecule has 0 spiro atoms. The van der Waals surface area contributed by atoms with Gasteiger partial charge in [0.05, 0.1) is 6.21 Å². The highest BCUT2D eigenvalue weighted by Crippen LogP contribution is 2.11. The molecule has 0 fully saturated rings. The Morgan fingerprint density at radius 2 is 2.19 bits per heavy atom. The summed E-state index contributed by atoms with van der Waals surface area (Å²) in [5.74, 6) is -2.30. The van der Waals surface area contributed by atoms with E-state index < -0.39 is 23.4 Å². The average molecular weight is 225 g/mol. The summed E-state index contributed by atoms with van der Waals surface area (Å²) in [7, 11) is 0. The lowest BCUT2D eigenvalue weighted by Crippen LogP contribution is -2.24. The smallest absolute Gasteiger partial charge is 0.339 e. The number of nitrogens with zero attached hydrogens (tertiary/aromatic N) is 1. The number of carboxylic acids is 1. The Hall–Kier alpha value is -2.44. The number of urea groups is 1. The summed E-state index contributed by atoms with van der Waals surface area (Å²) in [4.78, 5) is 21.0. The van der Waals surface area contributed by atoms with Crippen LogP contribution >= 0.6 is 0 Å². The molecule has 1 rings (SSSR count). The van der Waals surface area contributed by atoms with Crippen LogP contribution in [0.3, 0.4) is 0 Å². The van der Waals surface area contributed by atoms with Gasteiger partial charge in [0.25, 0.3) is 0 Å². The number of aromatic carboxylic acids is 1. The average Bonchev–Trinajstić information content (AvgIpc) is 2.16. The fraction of sp³-hybridized carbons (Fsp3) is 0. The Balaban J connectivity index is 3.04. The third-order valence-corrected chi connectivity index (χ3v) is 1.64. The highest BCUT2D eigenvalue weighted by molar-refractivity contribution is 5.98. The van der Waals surface area contributed by atoms with Gasteiger partial charge >= 0.3 is 12.0 Å². The van der Waals surface area contributed by atoms with Crippen molar-refractivity contribution in [3.8, 4) is 0 Å². The molecule has 0 saturated carbocycles. The maximum Gasteiger partial charge on any atom is 0.339 e. The van der Waals surface area contributed by atoms with Gasteiger partial charge in [-0.05, 0) is 6.07 Å². The first-order valence-electron chi connectivity index (χ1n) is 4.12. The van der Waals surface area contributed by atoms with Gasteiger partial charge in [0.15, 0.2) is 0 Å². The van der Waals surface area contributed by atoms with E-state index in [0.29, 0.717) is 0 Å². The van der Waals surface area contributed by atoms with E-state index in [1.807, 2.05) is 5.43 Å². The zero-order valence-corrected chi connectivity index (χ0v) is 7.98. The van der Waals surface area contributed by atoms with E-state index in [-0.39, 0.29) is 5.56 Å². The lowest BCUT2D eigenvalue weighted by molar-refractivity contribution is 0.0691. The van der Waals surface area contributed by atoms with Gasteiger partial charge in [-0.1, -0.05) is 12.1 Å². The molecule has 6 nitrogen and oxygen atoms in total. The summed E-state index contributed by atoms with van der Waals surface area (Å²) in [5, 5.41) is 12.1. The normalized spacial score (nSPS) is 10.3. The number of hydrazone groups is 1. The van der Waals surface area contributed by atoms with Crippen molar-refractivity contribution in [1.82, 2.24) is 5.43 Å². The van der Waals surface area contributed by atoms with Crippen LogP contribution in [0.1, 0.15) is 15.9 Å². The number of benzene rings is 1. The number of hydrogen-bond donors (Lipinski definition) is 3. The van der Waals surface area contributed by atoms with E-state index in [1.165, 1.54) is 12.1 Å². The zero-order valence-electron chi connectivity index (χ0n) is 7.98. The predicted octanol–water partition coefficient (Wildman–Crippen LogP) is 0.526. The van der Waals surface area contributed by atoms with Crippen LogP contribution in [0.2, 0.25) is 0 Å². The van der Waals surface area contributed by atoms with Crippen LogP contribution in [0.25, 0.3) is 0 Å². The van der Waals surface area contributed by atoms with E-state index in [1.54, 1.807) is 0 Å². The molecule has 0 radical (unpaired) electrons. The highest BCUT2D eigenvalue weighted by atomic mass is 19.1. The van der Waals surface area contributed by atoms with Crippen molar-refractivity contribution in [3.63, 3.8) is 0 Å². The maximum atomic E-state index is 13.1. The Labute approximate surface area is 89.6 Å². The van der Waals surface area contributed by atoms with Crippen molar-refractivity contribution in [1.29, 1.82) is 0 Å². The van der Waals surface area contributed by atoms with Crippen molar-refractivity contribution in [2.24, 2.45) is 10.8 Å². The van der Waals surface area contributed by atoms with Crippen LogP contribution in [0, 0.1) is 5.82 Å². The molecular weight excluding hydrogens is 217 g/mol. The van der Waals surface area contributed by atoms with Crippen molar-refractivity contribution < 1.29 is 19.1 Å². The Bertz CT molecular complexity index is 459. The summed E-state index contributed by atoms with van der Waals surface area (Å²) in [6, 6.07) is 2.79. The number of halogens is 1. The first-order valence-corrected chi connectivity index (χ1v) is 4.12. The molecule has 7 heteroatoms. The first-order chi connectivity index (χ1) is 7.52. The second kappa shape index (κ2) is 4.87. The van der Waals surface area contributed by atoms with Crippen molar-refractivity contribution in [2.75, 3.05) is 0 Å². The Morgan fingerprint density at radius 1 is 1.50 bits per heavy atom. The number of nitrogens with two attached hydrogens (primary N) is 1. The van der Waals surface area contributed by atoms with E-state index in [0.717, 1.165) is 12.3 Å². The number of primary amides is 1. The van der Waals surface area contributed by atoms with Crippen LogP contribution in [0.5, 0.6) is 0 Å². The number of carbonyl (C=O) groups excluding carboxylic acids is 1. The predicted molar refractivity (Wildman–Crippen MR) is 53.7 cm³/mol. The summed E-state index contributed by atoms with van der Waals surface area (Å²) in [5.41, 5.74) is 6.12. The SMILES string of the molecule is NC(=O)NN=Cc1cccc(F)c1C(=O)O. The minimum atomic E-state index is -1.42. The second-order valence-electron chi connectivity index (χ2n) is 2.74.